The second-order valence-electron chi connectivity index (χ2n) is 5.93. The van der Waals surface area contributed by atoms with Gasteiger partial charge in [0.1, 0.15) is 5.69 Å². The zero-order valence-corrected chi connectivity index (χ0v) is 12.2. The normalized spacial score (nSPS) is 20.4. The Hall–Kier alpha value is -1.38. The van der Waals surface area contributed by atoms with E-state index in [0.717, 1.165) is 37.5 Å². The van der Waals surface area contributed by atoms with Crippen molar-refractivity contribution in [2.45, 2.75) is 46.0 Å². The molecule has 2 rings (SSSR count). The Morgan fingerprint density at radius 1 is 1.32 bits per heavy atom. The maximum Gasteiger partial charge on any atom is 0.272 e. The zero-order chi connectivity index (χ0) is 13.8. The van der Waals surface area contributed by atoms with Crippen LogP contribution < -0.4 is 0 Å². The summed E-state index contributed by atoms with van der Waals surface area (Å²) in [5.41, 5.74) is 1.59. The molecule has 0 aliphatic carbocycles. The van der Waals surface area contributed by atoms with Gasteiger partial charge in [-0.1, -0.05) is 26.8 Å². The van der Waals surface area contributed by atoms with Crippen LogP contribution in [0.1, 0.15) is 62.1 Å². The number of likely N-dealkylation sites (tertiary alicyclic amines) is 1. The number of hydrogen-bond donors (Lipinski definition) is 0. The molecule has 1 atom stereocenters. The smallest absolute Gasteiger partial charge is 0.272 e. The Kier molecular flexibility index (Phi) is 4.56. The van der Waals surface area contributed by atoms with E-state index >= 15 is 0 Å². The number of hydrogen-bond acceptors (Lipinski definition) is 2. The quantitative estimate of drug-likeness (QED) is 0.815. The first kappa shape index (κ1) is 14.0. The molecule has 1 aliphatic rings. The lowest BCUT2D eigenvalue weighted by atomic mass is 10.0. The number of aromatic nitrogens is 1. The Morgan fingerprint density at radius 2 is 2.11 bits per heavy atom. The molecule has 104 valence electrons. The van der Waals surface area contributed by atoms with Gasteiger partial charge in [-0.25, -0.2) is 4.98 Å². The average molecular weight is 260 g/mol. The van der Waals surface area contributed by atoms with E-state index in [2.05, 4.69) is 25.8 Å². The van der Waals surface area contributed by atoms with E-state index in [1.165, 1.54) is 6.42 Å². The standard InChI is InChI=1S/C16H24N2O/c1-12(2)14-7-4-8-15(17-14)16(19)18-10-5-6-13(3)9-11-18/h4,7-8,12-13H,5-6,9-11H2,1-3H3. The van der Waals surface area contributed by atoms with Gasteiger partial charge in [-0.05, 0) is 43.2 Å². The number of nitrogens with zero attached hydrogens (tertiary/aromatic N) is 2. The molecule has 1 saturated heterocycles. The summed E-state index contributed by atoms with van der Waals surface area (Å²) in [6.07, 6.45) is 3.44. The van der Waals surface area contributed by atoms with Crippen LogP contribution in [0, 0.1) is 5.92 Å². The molecule has 0 saturated carbocycles. The van der Waals surface area contributed by atoms with E-state index in [1.807, 2.05) is 23.1 Å². The van der Waals surface area contributed by atoms with Gasteiger partial charge in [0.15, 0.2) is 0 Å². The molecule has 0 spiro atoms. The maximum atomic E-state index is 12.5. The molecule has 3 nitrogen and oxygen atoms in total. The highest BCUT2D eigenvalue weighted by Gasteiger charge is 2.20. The van der Waals surface area contributed by atoms with Crippen LogP contribution >= 0.6 is 0 Å². The summed E-state index contributed by atoms with van der Waals surface area (Å²) in [6, 6.07) is 5.77. The molecular weight excluding hydrogens is 236 g/mol. The molecule has 1 aromatic rings. The summed E-state index contributed by atoms with van der Waals surface area (Å²) >= 11 is 0. The molecule has 1 aliphatic heterocycles. The lowest BCUT2D eigenvalue weighted by Crippen LogP contribution is -2.32. The van der Waals surface area contributed by atoms with Gasteiger partial charge in [0.05, 0.1) is 0 Å². The second kappa shape index (κ2) is 6.18. The van der Waals surface area contributed by atoms with Crippen molar-refractivity contribution in [3.8, 4) is 0 Å². The third kappa shape index (κ3) is 3.55. The van der Waals surface area contributed by atoms with Crippen molar-refractivity contribution < 1.29 is 4.79 Å². The van der Waals surface area contributed by atoms with E-state index in [4.69, 9.17) is 0 Å². The van der Waals surface area contributed by atoms with Gasteiger partial charge in [0.2, 0.25) is 0 Å². The van der Waals surface area contributed by atoms with Crippen LogP contribution in [0.5, 0.6) is 0 Å². The number of carbonyl (C=O) groups is 1. The summed E-state index contributed by atoms with van der Waals surface area (Å²) in [5.74, 6) is 1.18. The third-order valence-electron chi connectivity index (χ3n) is 3.89. The van der Waals surface area contributed by atoms with Crippen LogP contribution in [0.15, 0.2) is 18.2 Å². The summed E-state index contributed by atoms with van der Waals surface area (Å²) in [7, 11) is 0. The fourth-order valence-electron chi connectivity index (χ4n) is 2.52. The molecule has 19 heavy (non-hydrogen) atoms. The lowest BCUT2D eigenvalue weighted by Gasteiger charge is -2.20. The summed E-state index contributed by atoms with van der Waals surface area (Å²) in [6.45, 7) is 8.21. The van der Waals surface area contributed by atoms with Gasteiger partial charge in [0.25, 0.3) is 5.91 Å². The largest absolute Gasteiger partial charge is 0.337 e. The fraction of sp³-hybridized carbons (Fsp3) is 0.625. The van der Waals surface area contributed by atoms with Gasteiger partial charge < -0.3 is 4.90 Å². The minimum absolute atomic E-state index is 0.0941. The van der Waals surface area contributed by atoms with Gasteiger partial charge in [-0.3, -0.25) is 4.79 Å². The molecule has 1 aromatic heterocycles. The minimum Gasteiger partial charge on any atom is -0.337 e. The molecule has 0 aromatic carbocycles. The van der Waals surface area contributed by atoms with E-state index in [0.29, 0.717) is 11.6 Å². The van der Waals surface area contributed by atoms with Crippen LogP contribution in [0.4, 0.5) is 0 Å². The van der Waals surface area contributed by atoms with Crippen LogP contribution in [0.25, 0.3) is 0 Å². The van der Waals surface area contributed by atoms with Gasteiger partial charge in [0, 0.05) is 18.8 Å². The average Bonchev–Trinajstić information content (AvgIpc) is 2.63. The first-order chi connectivity index (χ1) is 9.08. The van der Waals surface area contributed by atoms with E-state index in [-0.39, 0.29) is 5.91 Å². The van der Waals surface area contributed by atoms with Gasteiger partial charge in [-0.2, -0.15) is 0 Å². The highest BCUT2D eigenvalue weighted by atomic mass is 16.2. The molecule has 1 unspecified atom stereocenters. The van der Waals surface area contributed by atoms with Crippen molar-refractivity contribution in [1.82, 2.24) is 9.88 Å². The Bertz CT molecular complexity index is 442. The predicted octanol–water partition coefficient (Wildman–Crippen LogP) is 3.47. The van der Waals surface area contributed by atoms with Crippen molar-refractivity contribution in [3.63, 3.8) is 0 Å². The van der Waals surface area contributed by atoms with Gasteiger partial charge >= 0.3 is 0 Å². The molecule has 1 amide bonds. The zero-order valence-electron chi connectivity index (χ0n) is 12.2. The summed E-state index contributed by atoms with van der Waals surface area (Å²) in [4.78, 5) is 19.0. The fourth-order valence-corrected chi connectivity index (χ4v) is 2.52. The van der Waals surface area contributed by atoms with Gasteiger partial charge in [-0.15, -0.1) is 0 Å². The maximum absolute atomic E-state index is 12.5. The first-order valence-electron chi connectivity index (χ1n) is 7.34. The predicted molar refractivity (Wildman–Crippen MR) is 77.2 cm³/mol. The summed E-state index contributed by atoms with van der Waals surface area (Å²) < 4.78 is 0. The first-order valence-corrected chi connectivity index (χ1v) is 7.34. The Morgan fingerprint density at radius 3 is 2.84 bits per heavy atom. The van der Waals surface area contributed by atoms with E-state index in [1.54, 1.807) is 0 Å². The van der Waals surface area contributed by atoms with Crippen molar-refractivity contribution in [3.05, 3.63) is 29.6 Å². The monoisotopic (exact) mass is 260 g/mol. The number of carbonyl (C=O) groups excluding carboxylic acids is 1. The molecule has 0 N–H and O–H groups in total. The molecule has 3 heteroatoms. The van der Waals surface area contributed by atoms with Crippen molar-refractivity contribution in [1.29, 1.82) is 0 Å². The van der Waals surface area contributed by atoms with Crippen LogP contribution in [-0.4, -0.2) is 28.9 Å². The van der Waals surface area contributed by atoms with E-state index in [9.17, 15) is 4.79 Å². The highest BCUT2D eigenvalue weighted by Crippen LogP contribution is 2.18. The second-order valence-corrected chi connectivity index (χ2v) is 5.93. The number of rotatable bonds is 2. The molecule has 0 radical (unpaired) electrons. The van der Waals surface area contributed by atoms with E-state index < -0.39 is 0 Å². The highest BCUT2D eigenvalue weighted by molar-refractivity contribution is 5.92. The topological polar surface area (TPSA) is 33.2 Å². The number of amides is 1. The SMILES string of the molecule is CC1CCCN(C(=O)c2cccc(C(C)C)n2)CC1. The van der Waals surface area contributed by atoms with Crippen LogP contribution in [0.3, 0.4) is 0 Å². The van der Waals surface area contributed by atoms with Crippen LogP contribution in [0.2, 0.25) is 0 Å². The third-order valence-corrected chi connectivity index (χ3v) is 3.89. The van der Waals surface area contributed by atoms with Crippen molar-refractivity contribution in [2.24, 2.45) is 5.92 Å². The minimum atomic E-state index is 0.0941. The Labute approximate surface area is 116 Å². The molecule has 1 fully saturated rings. The van der Waals surface area contributed by atoms with Crippen molar-refractivity contribution >= 4 is 5.91 Å². The van der Waals surface area contributed by atoms with Crippen LogP contribution in [-0.2, 0) is 0 Å². The number of pyridine rings is 1. The molecule has 2 heterocycles. The molecular formula is C16H24N2O. The van der Waals surface area contributed by atoms with Crippen molar-refractivity contribution in [2.75, 3.05) is 13.1 Å². The summed E-state index contributed by atoms with van der Waals surface area (Å²) in [5, 5.41) is 0. The lowest BCUT2D eigenvalue weighted by molar-refractivity contribution is 0.0754. The molecule has 0 bridgehead atoms. The Balaban J connectivity index is 2.12.